The fourth-order valence-corrected chi connectivity index (χ4v) is 1.16. The van der Waals surface area contributed by atoms with Crippen LogP contribution in [0.3, 0.4) is 0 Å². The summed E-state index contributed by atoms with van der Waals surface area (Å²) in [4.78, 5) is 0. The van der Waals surface area contributed by atoms with Crippen LogP contribution >= 0.6 is 0 Å². The molecule has 0 unspecified atom stereocenters. The molecule has 0 aliphatic carbocycles. The molecule has 1 aromatic rings. The third-order valence-electron chi connectivity index (χ3n) is 2.44. The van der Waals surface area contributed by atoms with Gasteiger partial charge in [-0.25, -0.2) is 9.13 Å². The molecule has 0 amide bonds. The van der Waals surface area contributed by atoms with Crippen LogP contribution in [0, 0.1) is 6.92 Å². The molecule has 5 nitrogen and oxygen atoms in total. The number of alkyl halides is 3. The van der Waals surface area contributed by atoms with Gasteiger partial charge in [0.1, 0.15) is 12.4 Å². The van der Waals surface area contributed by atoms with Gasteiger partial charge in [0, 0.05) is 6.92 Å². The zero-order chi connectivity index (χ0) is 15.3. The fourth-order valence-electron chi connectivity index (χ4n) is 1.16. The summed E-state index contributed by atoms with van der Waals surface area (Å²) in [6.07, 6.45) is 6.78. The molecule has 1 N–H and O–H groups in total. The summed E-state index contributed by atoms with van der Waals surface area (Å²) in [6, 6.07) is 0. The van der Waals surface area contributed by atoms with Gasteiger partial charge in [-0.15, -0.1) is 0 Å². The van der Waals surface area contributed by atoms with E-state index in [0.717, 1.165) is 6.54 Å². The van der Waals surface area contributed by atoms with E-state index in [4.69, 9.17) is 13.0 Å². The Kier molecular flexibility index (Phi) is 9.50. The van der Waals surface area contributed by atoms with E-state index < -0.39 is 15.6 Å². The molecule has 0 aliphatic heterocycles. The Hall–Kier alpha value is -0.493. The van der Waals surface area contributed by atoms with Crippen LogP contribution < -0.4 is 23.4 Å². The average molecular weight is 311 g/mol. The van der Waals surface area contributed by atoms with E-state index in [9.17, 15) is 13.2 Å². The Labute approximate surface area is 130 Å². The first kappa shape index (κ1) is 21.8. The predicted molar refractivity (Wildman–Crippen MR) is 64.0 cm³/mol. The van der Waals surface area contributed by atoms with E-state index in [2.05, 4.69) is 42.4 Å². The van der Waals surface area contributed by atoms with Crippen molar-refractivity contribution in [2.75, 3.05) is 0 Å². The summed E-state index contributed by atoms with van der Waals surface area (Å²) in [5, 5.41) is 0. The topological polar surface area (TPSA) is 63.2 Å². The van der Waals surface area contributed by atoms with Gasteiger partial charge in [0.2, 0.25) is 0 Å². The van der Waals surface area contributed by atoms with Crippen LogP contribution in [-0.4, -0.2) is 23.0 Å². The van der Waals surface area contributed by atoms with Crippen molar-refractivity contribution in [2.24, 2.45) is 7.05 Å². The number of imidazole rings is 1. The van der Waals surface area contributed by atoms with Crippen molar-refractivity contribution in [3.63, 3.8) is 0 Å². The molecule has 114 valence electrons. The molecule has 0 aromatic carbocycles. The molecule has 1 aromatic heterocycles. The van der Waals surface area contributed by atoms with Gasteiger partial charge >= 0.3 is 34.5 Å². The summed E-state index contributed by atoms with van der Waals surface area (Å²) >= 11 is 0. The number of aromatic nitrogens is 2. The number of hydrogen-bond acceptors (Lipinski definition) is 2. The Balaban J connectivity index is -0.000000295. The van der Waals surface area contributed by atoms with Crippen molar-refractivity contribution in [1.29, 1.82) is 0 Å². The molecule has 0 fully saturated rings. The maximum absolute atomic E-state index is 10.7. The fraction of sp³-hybridized carbons (Fsp3) is 0.700. The van der Waals surface area contributed by atoms with Crippen molar-refractivity contribution in [2.45, 2.75) is 38.7 Å². The zero-order valence-electron chi connectivity index (χ0n) is 13.0. The second-order valence-electron chi connectivity index (χ2n) is 3.92. The van der Waals surface area contributed by atoms with Crippen LogP contribution in [0.2, 0.25) is 0 Å². The van der Waals surface area contributed by atoms with E-state index in [0.29, 0.717) is 0 Å². The standard InChI is InChI=1S/C9H17N2.CHF3O3S.Li.H/c1-4-5-6-11-8-7-10(3)9(11)2;2-1(3,4)8(5,6)7;;/h7-8H,4-6H2,1-3H3;(H,5,6,7);;/q+1;;+1;-1. The third-order valence-corrected chi connectivity index (χ3v) is 3.03. The van der Waals surface area contributed by atoms with Crippen LogP contribution in [0.1, 0.15) is 27.0 Å². The summed E-state index contributed by atoms with van der Waals surface area (Å²) in [6.45, 7) is 5.53. The number of hydrogen-bond donors (Lipinski definition) is 1. The molecule has 0 atom stereocenters. The molecular weight excluding hydrogens is 292 g/mol. The number of unbranched alkanes of at least 4 members (excludes halogenated alkanes) is 1. The normalized spacial score (nSPS) is 11.3. The second kappa shape index (κ2) is 8.72. The van der Waals surface area contributed by atoms with Gasteiger partial charge in [-0.1, -0.05) is 13.3 Å². The van der Waals surface area contributed by atoms with Gasteiger partial charge in [0.15, 0.2) is 0 Å². The van der Waals surface area contributed by atoms with E-state index in [1.807, 2.05) is 0 Å². The number of rotatable bonds is 3. The van der Waals surface area contributed by atoms with Crippen LogP contribution in [0.5, 0.6) is 0 Å². The number of halogens is 3. The summed E-state index contributed by atoms with van der Waals surface area (Å²) in [7, 11) is -3.76. The van der Waals surface area contributed by atoms with Crippen molar-refractivity contribution >= 4 is 10.1 Å². The van der Waals surface area contributed by atoms with Crippen LogP contribution in [0.25, 0.3) is 0 Å². The first-order chi connectivity index (χ1) is 8.50. The molecule has 0 saturated carbocycles. The molecule has 0 spiro atoms. The van der Waals surface area contributed by atoms with E-state index in [-0.39, 0.29) is 20.3 Å². The minimum absolute atomic E-state index is 0. The van der Waals surface area contributed by atoms with E-state index in [1.165, 1.54) is 18.7 Å². The van der Waals surface area contributed by atoms with E-state index in [1.54, 1.807) is 0 Å². The maximum Gasteiger partial charge on any atom is 1.00 e. The quantitative estimate of drug-likeness (QED) is 0.335. The smallest absolute Gasteiger partial charge is 1.00 e. The maximum atomic E-state index is 10.7. The summed E-state index contributed by atoms with van der Waals surface area (Å²) < 4.78 is 62.0. The first-order valence-electron chi connectivity index (χ1n) is 5.55. The number of aryl methyl sites for hydroxylation is 2. The Morgan fingerprint density at radius 2 is 1.90 bits per heavy atom. The molecule has 0 radical (unpaired) electrons. The Bertz CT molecular complexity index is 506. The van der Waals surface area contributed by atoms with Gasteiger partial charge in [0.05, 0.1) is 13.6 Å². The molecular formula is C10H19F3LiN2O3S+. The van der Waals surface area contributed by atoms with Gasteiger partial charge in [-0.2, -0.15) is 21.6 Å². The predicted octanol–water partition coefficient (Wildman–Crippen LogP) is -1.07. The number of nitrogens with zero attached hydrogens (tertiary/aromatic N) is 2. The summed E-state index contributed by atoms with van der Waals surface area (Å²) in [5.74, 6) is 1.33. The molecule has 0 aliphatic rings. The second-order valence-corrected chi connectivity index (χ2v) is 5.34. The van der Waals surface area contributed by atoms with Gasteiger partial charge in [0.25, 0.3) is 5.82 Å². The van der Waals surface area contributed by atoms with E-state index >= 15 is 0 Å². The molecule has 1 heterocycles. The van der Waals surface area contributed by atoms with Crippen molar-refractivity contribution in [1.82, 2.24) is 4.57 Å². The molecule has 10 heteroatoms. The SMILES string of the molecule is CCCCn1cc[n+](C)c1C.O=S(=O)(O)C(F)(F)F.[H-].[Li+]. The van der Waals surface area contributed by atoms with Crippen LogP contribution in [-0.2, 0) is 23.7 Å². The minimum atomic E-state index is -5.84. The molecule has 20 heavy (non-hydrogen) atoms. The molecule has 1 rings (SSSR count). The van der Waals surface area contributed by atoms with Crippen LogP contribution in [0.15, 0.2) is 12.4 Å². The van der Waals surface area contributed by atoms with Crippen LogP contribution in [0.4, 0.5) is 13.2 Å². The summed E-state index contributed by atoms with van der Waals surface area (Å²) in [5.41, 5.74) is -5.53. The Morgan fingerprint density at radius 3 is 2.15 bits per heavy atom. The molecule has 0 bridgehead atoms. The first-order valence-corrected chi connectivity index (χ1v) is 6.99. The molecule has 0 saturated heterocycles. The van der Waals surface area contributed by atoms with Crippen molar-refractivity contribution in [3.8, 4) is 0 Å². The average Bonchev–Trinajstić information content (AvgIpc) is 2.55. The van der Waals surface area contributed by atoms with Crippen molar-refractivity contribution < 1.29 is 51.0 Å². The van der Waals surface area contributed by atoms with Gasteiger partial charge in [-0.3, -0.25) is 4.55 Å². The third kappa shape index (κ3) is 7.33. The van der Waals surface area contributed by atoms with Gasteiger partial charge in [-0.05, 0) is 6.42 Å². The van der Waals surface area contributed by atoms with Crippen molar-refractivity contribution in [3.05, 3.63) is 18.2 Å². The largest absolute Gasteiger partial charge is 1.00 e. The monoisotopic (exact) mass is 311 g/mol. The van der Waals surface area contributed by atoms with Gasteiger partial charge < -0.3 is 1.43 Å². The minimum Gasteiger partial charge on any atom is -1.00 e. The zero-order valence-corrected chi connectivity index (χ0v) is 12.8. The Morgan fingerprint density at radius 1 is 1.45 bits per heavy atom.